The average molecular weight is 913 g/mol. The van der Waals surface area contributed by atoms with Gasteiger partial charge in [0.05, 0.1) is 0 Å². The van der Waals surface area contributed by atoms with Crippen LogP contribution in [0, 0.1) is 33.8 Å². The fraction of sp³-hybridized carbons (Fsp3) is 0.189. The van der Waals surface area contributed by atoms with E-state index in [4.69, 9.17) is 0 Å². The second kappa shape index (κ2) is 20.8. The molecule has 2 radical (unpaired) electrons. The first-order valence-corrected chi connectivity index (χ1v) is 23.9. The van der Waals surface area contributed by atoms with Crippen molar-refractivity contribution in [3.63, 3.8) is 0 Å². The molecule has 0 nitrogen and oxygen atoms in total. The Labute approximate surface area is 382 Å². The third kappa shape index (κ3) is 10.00. The molecule has 7 aromatic rings. The van der Waals surface area contributed by atoms with Crippen molar-refractivity contribution < 1.29 is 23.3 Å². The van der Waals surface area contributed by atoms with Crippen molar-refractivity contribution >= 4 is 81.3 Å². The Hall–Kier alpha value is -3.30. The molecule has 0 spiro atoms. The Morgan fingerprint density at radius 3 is 1.81 bits per heavy atom. The zero-order valence-corrected chi connectivity index (χ0v) is 41.1. The standard InChI is InChI=1S/C30H21.C21H25S.2CH3.2ClH.Si.Zr/c1-20-16-23-18-24(27-14-6-10-21-8-2-4-12-25(21)27)19-30(29(23)17-20)28-15-7-11-22-9-3-5-13-26(22)28;1-13(2)16-11-18-19(12-16)22-14(3)20(18)15-7-9-17(10-8-15)21(4,5)6;;;;;;/h2-19H,1H3;7-11,13-14H,1-6H3;2*1H3;2*1H;;/q4*-1;;;;. The van der Waals surface area contributed by atoms with Crippen molar-refractivity contribution in [3.05, 3.63) is 193 Å². The van der Waals surface area contributed by atoms with Crippen LogP contribution in [0.1, 0.15) is 58.2 Å². The summed E-state index contributed by atoms with van der Waals surface area (Å²) in [5.74, 6) is 0.547. The molecule has 1 aliphatic heterocycles. The molecule has 0 saturated carbocycles. The Balaban J connectivity index is 0.000000290. The van der Waals surface area contributed by atoms with Gasteiger partial charge in [-0.1, -0.05) is 174 Å². The van der Waals surface area contributed by atoms with E-state index in [9.17, 15) is 0 Å². The van der Waals surface area contributed by atoms with Gasteiger partial charge in [0, 0.05) is 5.25 Å². The molecule has 0 bridgehead atoms. The van der Waals surface area contributed by atoms with E-state index in [1.165, 1.54) is 116 Å². The predicted molar refractivity (Wildman–Crippen MR) is 262 cm³/mol. The van der Waals surface area contributed by atoms with E-state index >= 15 is 0 Å². The van der Waals surface area contributed by atoms with Crippen LogP contribution < -0.4 is 0 Å². The third-order valence-corrected chi connectivity index (χ3v) is 11.8. The summed E-state index contributed by atoms with van der Waals surface area (Å²) >= 11 is 3.30. The second-order valence-corrected chi connectivity index (χ2v) is 17.1. The number of fused-ring (bicyclic) bond motifs is 4. The maximum atomic E-state index is 3.60. The van der Waals surface area contributed by atoms with Gasteiger partial charge in [-0.25, -0.2) is 6.08 Å². The van der Waals surface area contributed by atoms with E-state index in [0.717, 1.165) is 0 Å². The summed E-state index contributed by atoms with van der Waals surface area (Å²) in [7, 11) is 0. The summed E-state index contributed by atoms with van der Waals surface area (Å²) in [6.45, 7) is 18.8. The second-order valence-electron chi connectivity index (χ2n) is 15.7. The molecule has 0 fully saturated rings. The molecule has 1 unspecified atom stereocenters. The fourth-order valence-corrected chi connectivity index (χ4v) is 9.05. The van der Waals surface area contributed by atoms with Gasteiger partial charge in [-0.3, -0.25) is 0 Å². The molecule has 0 saturated heterocycles. The van der Waals surface area contributed by atoms with Gasteiger partial charge in [0.2, 0.25) is 0 Å². The molecule has 9 rings (SSSR count). The van der Waals surface area contributed by atoms with E-state index in [1.807, 2.05) is 11.8 Å². The average Bonchev–Trinajstić information content (AvgIpc) is 3.86. The quantitative estimate of drug-likeness (QED) is 0.125. The van der Waals surface area contributed by atoms with E-state index < -0.39 is 0 Å². The molecule has 2 aliphatic rings. The molecular formula is C53H54Cl2SSiZr-4. The molecule has 0 N–H and O–H groups in total. The number of aryl methyl sites for hydroxylation is 1. The van der Waals surface area contributed by atoms with E-state index in [0.29, 0.717) is 11.2 Å². The summed E-state index contributed by atoms with van der Waals surface area (Å²) in [6.07, 6.45) is 5.95. The summed E-state index contributed by atoms with van der Waals surface area (Å²) < 4.78 is 0. The molecule has 1 heterocycles. The first kappa shape index (κ1) is 49.1. The van der Waals surface area contributed by atoms with Crippen molar-refractivity contribution in [2.24, 2.45) is 5.92 Å². The van der Waals surface area contributed by atoms with Crippen LogP contribution >= 0.6 is 36.6 Å². The van der Waals surface area contributed by atoms with Crippen molar-refractivity contribution in [2.75, 3.05) is 0 Å². The minimum atomic E-state index is 0. The molecule has 0 amide bonds. The Morgan fingerprint density at radius 1 is 0.672 bits per heavy atom. The third-order valence-electron chi connectivity index (χ3n) is 10.6. The monoisotopic (exact) mass is 910 g/mol. The number of thioether (sulfide) groups is 1. The summed E-state index contributed by atoms with van der Waals surface area (Å²) in [6, 6.07) is 49.1. The molecular weight excluding hydrogens is 859 g/mol. The Kier molecular flexibility index (Phi) is 17.6. The number of rotatable bonds is 4. The molecule has 1 atom stereocenters. The molecule has 1 aliphatic carbocycles. The van der Waals surface area contributed by atoms with E-state index in [1.54, 1.807) is 0 Å². The van der Waals surface area contributed by atoms with Crippen molar-refractivity contribution in [1.29, 1.82) is 0 Å². The SMILES string of the molecule is CC(C)C1=CC2=C(c3ccc(C(C)(C)C)cc3)C(C)SC2=[C-]1.Cc1cc2c(-c3cccc4ccccc34)cc(-c3cccc4ccccc34)cc2[cH-]1.Cl.Cl.[CH3-].[CH3-].[Si]=[Zr]. The van der Waals surface area contributed by atoms with Crippen molar-refractivity contribution in [1.82, 2.24) is 0 Å². The van der Waals surface area contributed by atoms with Crippen LogP contribution in [-0.4, -0.2) is 12.1 Å². The summed E-state index contributed by atoms with van der Waals surface area (Å²) in [5, 5.41) is 8.31. The molecule has 5 heteroatoms. The Bertz CT molecular complexity index is 2590. The van der Waals surface area contributed by atoms with Gasteiger partial charge in [-0.05, 0) is 62.1 Å². The van der Waals surface area contributed by atoms with Crippen molar-refractivity contribution in [2.45, 2.75) is 59.1 Å². The normalized spacial score (nSPS) is 14.1. The van der Waals surface area contributed by atoms with Gasteiger partial charge in [-0.15, -0.1) is 69.9 Å². The van der Waals surface area contributed by atoms with Gasteiger partial charge in [0.1, 0.15) is 0 Å². The number of halogens is 2. The fourth-order valence-electron chi connectivity index (χ4n) is 7.84. The van der Waals surface area contributed by atoms with Crippen LogP contribution in [0.25, 0.3) is 60.1 Å². The molecule has 0 aromatic heterocycles. The Morgan fingerprint density at radius 2 is 1.22 bits per heavy atom. The van der Waals surface area contributed by atoms with Crippen LogP contribution in [0.4, 0.5) is 0 Å². The van der Waals surface area contributed by atoms with E-state index in [2.05, 4.69) is 201 Å². The predicted octanol–water partition coefficient (Wildman–Crippen LogP) is 16.0. The van der Waals surface area contributed by atoms with Gasteiger partial charge in [-0.2, -0.15) is 23.3 Å². The van der Waals surface area contributed by atoms with Gasteiger partial charge >= 0.3 is 30.2 Å². The molecule has 7 aromatic carbocycles. The molecule has 58 heavy (non-hydrogen) atoms. The topological polar surface area (TPSA) is 0 Å². The number of hydrogen-bond acceptors (Lipinski definition) is 1. The van der Waals surface area contributed by atoms with Crippen LogP contribution in [0.5, 0.6) is 0 Å². The number of allylic oxidation sites excluding steroid dienone is 4. The summed E-state index contributed by atoms with van der Waals surface area (Å²) in [5.41, 5.74) is 13.7. The van der Waals surface area contributed by atoms with Crippen LogP contribution in [0.15, 0.2) is 156 Å². The van der Waals surface area contributed by atoms with Crippen LogP contribution in [0.2, 0.25) is 0 Å². The minimum absolute atomic E-state index is 0. The van der Waals surface area contributed by atoms with Gasteiger partial charge in [0.15, 0.2) is 0 Å². The van der Waals surface area contributed by atoms with Crippen LogP contribution in [-0.2, 0) is 28.8 Å². The first-order chi connectivity index (χ1) is 26.0. The zero-order chi connectivity index (χ0) is 38.1. The first-order valence-electron chi connectivity index (χ1n) is 18.9. The van der Waals surface area contributed by atoms with Crippen molar-refractivity contribution in [3.8, 4) is 22.3 Å². The van der Waals surface area contributed by atoms with Crippen LogP contribution in [0.3, 0.4) is 0 Å². The van der Waals surface area contributed by atoms with Gasteiger partial charge < -0.3 is 14.9 Å². The number of hydrogen-bond donors (Lipinski definition) is 0. The zero-order valence-electron chi connectivity index (χ0n) is 35.2. The summed E-state index contributed by atoms with van der Waals surface area (Å²) in [4.78, 5) is 1.34. The van der Waals surface area contributed by atoms with Gasteiger partial charge in [0.25, 0.3) is 0 Å². The molecule has 298 valence electrons. The van der Waals surface area contributed by atoms with E-state index in [-0.39, 0.29) is 45.1 Å². The number of benzene rings is 6. The maximum absolute atomic E-state index is 3.60.